The summed E-state index contributed by atoms with van der Waals surface area (Å²) in [7, 11) is 0. The van der Waals surface area contributed by atoms with Gasteiger partial charge in [-0.25, -0.2) is 4.39 Å². The van der Waals surface area contributed by atoms with Crippen molar-refractivity contribution in [2.75, 3.05) is 0 Å². The standard InChI is InChI=1S/C11H15ClFN/c1-2-3-7-10(14)11-8(12)5-4-6-9(11)13/h4-6,10H,2-3,7,14H2,1H3. The molecule has 0 aliphatic heterocycles. The van der Waals surface area contributed by atoms with Crippen molar-refractivity contribution in [2.24, 2.45) is 5.73 Å². The molecule has 1 unspecified atom stereocenters. The highest BCUT2D eigenvalue weighted by Crippen LogP contribution is 2.27. The number of benzene rings is 1. The summed E-state index contributed by atoms with van der Waals surface area (Å²) in [4.78, 5) is 0. The van der Waals surface area contributed by atoms with E-state index in [0.29, 0.717) is 10.6 Å². The lowest BCUT2D eigenvalue weighted by Crippen LogP contribution is -2.12. The van der Waals surface area contributed by atoms with Crippen LogP contribution in [0.3, 0.4) is 0 Å². The van der Waals surface area contributed by atoms with Crippen molar-refractivity contribution in [1.29, 1.82) is 0 Å². The molecule has 0 saturated carbocycles. The van der Waals surface area contributed by atoms with Gasteiger partial charge in [-0.3, -0.25) is 0 Å². The van der Waals surface area contributed by atoms with E-state index in [2.05, 4.69) is 6.92 Å². The fourth-order valence-electron chi connectivity index (χ4n) is 1.43. The molecule has 0 spiro atoms. The molecule has 1 aromatic rings. The first kappa shape index (κ1) is 11.5. The number of hydrogen-bond donors (Lipinski definition) is 1. The molecule has 0 aliphatic carbocycles. The van der Waals surface area contributed by atoms with Crippen LogP contribution in [0.5, 0.6) is 0 Å². The number of unbranched alkanes of at least 4 members (excludes halogenated alkanes) is 1. The lowest BCUT2D eigenvalue weighted by atomic mass is 10.0. The van der Waals surface area contributed by atoms with Crippen LogP contribution in [0.2, 0.25) is 5.02 Å². The van der Waals surface area contributed by atoms with Crippen molar-refractivity contribution in [1.82, 2.24) is 0 Å². The van der Waals surface area contributed by atoms with Crippen LogP contribution in [0.15, 0.2) is 18.2 Å². The quantitative estimate of drug-likeness (QED) is 0.815. The van der Waals surface area contributed by atoms with Crippen LogP contribution in [0.4, 0.5) is 4.39 Å². The van der Waals surface area contributed by atoms with E-state index in [4.69, 9.17) is 17.3 Å². The van der Waals surface area contributed by atoms with Crippen molar-refractivity contribution in [3.05, 3.63) is 34.6 Å². The van der Waals surface area contributed by atoms with Crippen LogP contribution in [0.1, 0.15) is 37.8 Å². The molecular weight excluding hydrogens is 201 g/mol. The van der Waals surface area contributed by atoms with Gasteiger partial charge in [-0.05, 0) is 18.6 Å². The first-order valence-electron chi connectivity index (χ1n) is 4.86. The zero-order valence-electron chi connectivity index (χ0n) is 8.26. The molecule has 0 amide bonds. The Labute approximate surface area is 89.1 Å². The highest BCUT2D eigenvalue weighted by atomic mass is 35.5. The number of rotatable bonds is 4. The molecule has 0 radical (unpaired) electrons. The molecule has 3 heteroatoms. The van der Waals surface area contributed by atoms with E-state index in [1.54, 1.807) is 12.1 Å². The smallest absolute Gasteiger partial charge is 0.129 e. The molecule has 1 nitrogen and oxygen atoms in total. The molecular formula is C11H15ClFN. The minimum Gasteiger partial charge on any atom is -0.324 e. The molecule has 14 heavy (non-hydrogen) atoms. The van der Waals surface area contributed by atoms with E-state index < -0.39 is 0 Å². The molecule has 0 aliphatic rings. The highest BCUT2D eigenvalue weighted by Gasteiger charge is 2.14. The van der Waals surface area contributed by atoms with Crippen molar-refractivity contribution < 1.29 is 4.39 Å². The van der Waals surface area contributed by atoms with Gasteiger partial charge in [-0.1, -0.05) is 37.4 Å². The van der Waals surface area contributed by atoms with Gasteiger partial charge in [0.2, 0.25) is 0 Å². The van der Waals surface area contributed by atoms with Gasteiger partial charge in [-0.15, -0.1) is 0 Å². The maximum atomic E-state index is 13.4. The Kier molecular flexibility index (Phi) is 4.36. The Morgan fingerprint density at radius 1 is 1.50 bits per heavy atom. The van der Waals surface area contributed by atoms with Gasteiger partial charge in [-0.2, -0.15) is 0 Å². The van der Waals surface area contributed by atoms with E-state index in [-0.39, 0.29) is 11.9 Å². The van der Waals surface area contributed by atoms with Gasteiger partial charge in [0.05, 0.1) is 0 Å². The minimum atomic E-state index is -0.305. The van der Waals surface area contributed by atoms with Crippen LogP contribution in [0.25, 0.3) is 0 Å². The molecule has 0 heterocycles. The van der Waals surface area contributed by atoms with Gasteiger partial charge in [0.25, 0.3) is 0 Å². The van der Waals surface area contributed by atoms with Crippen LogP contribution in [0, 0.1) is 5.82 Å². The Morgan fingerprint density at radius 2 is 2.21 bits per heavy atom. The van der Waals surface area contributed by atoms with Gasteiger partial charge < -0.3 is 5.73 Å². The maximum absolute atomic E-state index is 13.4. The fourth-order valence-corrected chi connectivity index (χ4v) is 1.74. The maximum Gasteiger partial charge on any atom is 0.129 e. The van der Waals surface area contributed by atoms with Crippen LogP contribution in [-0.4, -0.2) is 0 Å². The molecule has 1 atom stereocenters. The topological polar surface area (TPSA) is 26.0 Å². The second-order valence-corrected chi connectivity index (χ2v) is 3.79. The normalized spacial score (nSPS) is 12.9. The van der Waals surface area contributed by atoms with Crippen molar-refractivity contribution >= 4 is 11.6 Å². The van der Waals surface area contributed by atoms with Gasteiger partial charge in [0, 0.05) is 16.6 Å². The Hall–Kier alpha value is -0.600. The molecule has 0 aromatic heterocycles. The van der Waals surface area contributed by atoms with E-state index in [1.165, 1.54) is 6.07 Å². The number of halogens is 2. The molecule has 1 rings (SSSR count). The van der Waals surface area contributed by atoms with Crippen molar-refractivity contribution in [3.8, 4) is 0 Å². The third-order valence-electron chi connectivity index (χ3n) is 2.24. The molecule has 0 saturated heterocycles. The zero-order valence-corrected chi connectivity index (χ0v) is 9.02. The fraction of sp³-hybridized carbons (Fsp3) is 0.455. The minimum absolute atomic E-state index is 0.288. The highest BCUT2D eigenvalue weighted by molar-refractivity contribution is 6.31. The summed E-state index contributed by atoms with van der Waals surface area (Å²) in [6, 6.07) is 4.37. The molecule has 78 valence electrons. The van der Waals surface area contributed by atoms with Crippen molar-refractivity contribution in [2.45, 2.75) is 32.2 Å². The lowest BCUT2D eigenvalue weighted by molar-refractivity contribution is 0.548. The first-order chi connectivity index (χ1) is 6.66. The average Bonchev–Trinajstić information content (AvgIpc) is 2.14. The predicted octanol–water partition coefficient (Wildman–Crippen LogP) is 3.67. The molecule has 2 N–H and O–H groups in total. The molecule has 0 bridgehead atoms. The van der Waals surface area contributed by atoms with E-state index >= 15 is 0 Å². The van der Waals surface area contributed by atoms with Crippen LogP contribution >= 0.6 is 11.6 Å². The second kappa shape index (κ2) is 5.32. The Balaban J connectivity index is 2.82. The summed E-state index contributed by atoms with van der Waals surface area (Å²) in [6.45, 7) is 2.08. The predicted molar refractivity (Wildman–Crippen MR) is 57.9 cm³/mol. The third-order valence-corrected chi connectivity index (χ3v) is 2.57. The second-order valence-electron chi connectivity index (χ2n) is 3.38. The van der Waals surface area contributed by atoms with Gasteiger partial charge in [0.15, 0.2) is 0 Å². The summed E-state index contributed by atoms with van der Waals surface area (Å²) in [6.07, 6.45) is 2.82. The number of hydrogen-bond acceptors (Lipinski definition) is 1. The summed E-state index contributed by atoms with van der Waals surface area (Å²) in [5.41, 5.74) is 6.31. The summed E-state index contributed by atoms with van der Waals surface area (Å²) in [5, 5.41) is 0.425. The monoisotopic (exact) mass is 215 g/mol. The van der Waals surface area contributed by atoms with E-state index in [9.17, 15) is 4.39 Å². The van der Waals surface area contributed by atoms with E-state index in [1.807, 2.05) is 0 Å². The third kappa shape index (κ3) is 2.69. The largest absolute Gasteiger partial charge is 0.324 e. The summed E-state index contributed by atoms with van der Waals surface area (Å²) >= 11 is 5.88. The average molecular weight is 216 g/mol. The lowest BCUT2D eigenvalue weighted by Gasteiger charge is -2.13. The van der Waals surface area contributed by atoms with Gasteiger partial charge in [0.1, 0.15) is 5.82 Å². The Bertz CT molecular complexity index is 281. The van der Waals surface area contributed by atoms with Crippen molar-refractivity contribution in [3.63, 3.8) is 0 Å². The Morgan fingerprint density at radius 3 is 2.79 bits per heavy atom. The van der Waals surface area contributed by atoms with E-state index in [0.717, 1.165) is 19.3 Å². The van der Waals surface area contributed by atoms with Gasteiger partial charge >= 0.3 is 0 Å². The van der Waals surface area contributed by atoms with Crippen LogP contribution in [-0.2, 0) is 0 Å². The number of nitrogens with two attached hydrogens (primary N) is 1. The summed E-state index contributed by atoms with van der Waals surface area (Å²) < 4.78 is 13.4. The zero-order chi connectivity index (χ0) is 10.6. The van der Waals surface area contributed by atoms with Crippen LogP contribution < -0.4 is 5.73 Å². The molecule has 1 aromatic carbocycles. The SMILES string of the molecule is CCCCC(N)c1c(F)cccc1Cl. The first-order valence-corrected chi connectivity index (χ1v) is 5.24. The molecule has 0 fully saturated rings. The summed E-state index contributed by atoms with van der Waals surface area (Å²) in [5.74, 6) is -0.305.